The van der Waals surface area contributed by atoms with E-state index < -0.39 is 12.0 Å². The number of carbonyl (C=O) groups excluding carboxylic acids is 2. The Hall–Kier alpha value is -2.08. The first-order chi connectivity index (χ1) is 8.65. The lowest BCUT2D eigenvalue weighted by Gasteiger charge is -2.28. The van der Waals surface area contributed by atoms with Crippen LogP contribution in [0.3, 0.4) is 0 Å². The smallest absolute Gasteiger partial charge is 0.257 e. The number of aliphatic hydroxyl groups is 1. The molecule has 6 heteroatoms. The van der Waals surface area contributed by atoms with Crippen LogP contribution in [0.15, 0.2) is 18.2 Å². The van der Waals surface area contributed by atoms with Gasteiger partial charge in [0.2, 0.25) is 5.91 Å². The minimum Gasteiger partial charge on any atom is -0.378 e. The first kappa shape index (κ1) is 11.0. The molecule has 94 valence electrons. The summed E-state index contributed by atoms with van der Waals surface area (Å²) in [5, 5.41) is 15.0. The largest absolute Gasteiger partial charge is 0.378 e. The molecule has 0 bridgehead atoms. The van der Waals surface area contributed by atoms with Crippen molar-refractivity contribution in [2.24, 2.45) is 0 Å². The summed E-state index contributed by atoms with van der Waals surface area (Å²) in [6.45, 7) is 1.67. The fourth-order valence-electron chi connectivity index (χ4n) is 2.29. The van der Waals surface area contributed by atoms with Gasteiger partial charge in [-0.3, -0.25) is 9.59 Å². The number of hydrogen-bond donors (Lipinski definition) is 3. The van der Waals surface area contributed by atoms with Crippen molar-refractivity contribution < 1.29 is 14.7 Å². The van der Waals surface area contributed by atoms with Gasteiger partial charge in [0.05, 0.1) is 6.54 Å². The standard InChI is InChI=1S/C12H13N3O3/c16-10-6-15(4-3-13-10)7-1-2-8-9(5-7)14-12(18)11(8)17/h1-2,5,11,17H,3-4,6H2,(H,13,16)(H,14,18). The third kappa shape index (κ3) is 1.70. The molecule has 0 aliphatic carbocycles. The molecule has 1 fully saturated rings. The second-order valence-corrected chi connectivity index (χ2v) is 4.43. The summed E-state index contributed by atoms with van der Waals surface area (Å²) in [5.41, 5.74) is 2.08. The molecule has 18 heavy (non-hydrogen) atoms. The van der Waals surface area contributed by atoms with Crippen molar-refractivity contribution in [2.75, 3.05) is 29.9 Å². The molecule has 6 nitrogen and oxygen atoms in total. The number of anilines is 2. The number of piperazine rings is 1. The van der Waals surface area contributed by atoms with E-state index in [1.807, 2.05) is 11.0 Å². The number of rotatable bonds is 1. The van der Waals surface area contributed by atoms with E-state index in [9.17, 15) is 14.7 Å². The van der Waals surface area contributed by atoms with Gasteiger partial charge in [0.15, 0.2) is 6.10 Å². The van der Waals surface area contributed by atoms with Crippen LogP contribution in [0, 0.1) is 0 Å². The molecule has 3 rings (SSSR count). The van der Waals surface area contributed by atoms with Crippen molar-refractivity contribution in [2.45, 2.75) is 6.10 Å². The summed E-state index contributed by atoms with van der Waals surface area (Å²) in [7, 11) is 0. The number of fused-ring (bicyclic) bond motifs is 1. The Morgan fingerprint density at radius 1 is 1.33 bits per heavy atom. The molecular weight excluding hydrogens is 234 g/mol. The van der Waals surface area contributed by atoms with Crippen LogP contribution in [0.5, 0.6) is 0 Å². The van der Waals surface area contributed by atoms with Gasteiger partial charge in [0.25, 0.3) is 5.91 Å². The average Bonchev–Trinajstić information content (AvgIpc) is 2.65. The van der Waals surface area contributed by atoms with E-state index in [0.717, 1.165) is 12.2 Å². The molecule has 1 saturated heterocycles. The summed E-state index contributed by atoms with van der Waals surface area (Å²) >= 11 is 0. The van der Waals surface area contributed by atoms with Gasteiger partial charge in [-0.1, -0.05) is 6.07 Å². The van der Waals surface area contributed by atoms with E-state index >= 15 is 0 Å². The van der Waals surface area contributed by atoms with Crippen molar-refractivity contribution >= 4 is 23.2 Å². The third-order valence-corrected chi connectivity index (χ3v) is 3.24. The maximum Gasteiger partial charge on any atom is 0.257 e. The second kappa shape index (κ2) is 3.99. The first-order valence-electron chi connectivity index (χ1n) is 5.80. The van der Waals surface area contributed by atoms with E-state index in [1.54, 1.807) is 12.1 Å². The minimum absolute atomic E-state index is 0.00850. The zero-order valence-corrected chi connectivity index (χ0v) is 9.64. The quantitative estimate of drug-likeness (QED) is 0.631. The summed E-state index contributed by atoms with van der Waals surface area (Å²) in [6, 6.07) is 5.34. The van der Waals surface area contributed by atoms with Gasteiger partial charge in [-0.15, -0.1) is 0 Å². The fourth-order valence-corrected chi connectivity index (χ4v) is 2.29. The molecular formula is C12H13N3O3. The number of aliphatic hydroxyl groups excluding tert-OH is 1. The van der Waals surface area contributed by atoms with Gasteiger partial charge in [0, 0.05) is 30.0 Å². The lowest BCUT2D eigenvalue weighted by atomic mass is 10.1. The molecule has 1 aromatic carbocycles. The summed E-state index contributed by atoms with van der Waals surface area (Å²) < 4.78 is 0. The highest BCUT2D eigenvalue weighted by Gasteiger charge is 2.29. The van der Waals surface area contributed by atoms with Crippen molar-refractivity contribution in [1.29, 1.82) is 0 Å². The maximum absolute atomic E-state index is 11.3. The number of nitrogens with one attached hydrogen (secondary N) is 2. The topological polar surface area (TPSA) is 81.7 Å². The Morgan fingerprint density at radius 3 is 2.94 bits per heavy atom. The van der Waals surface area contributed by atoms with E-state index in [-0.39, 0.29) is 5.91 Å². The number of nitrogens with zero attached hydrogens (tertiary/aromatic N) is 1. The Bertz CT molecular complexity index is 529. The van der Waals surface area contributed by atoms with Gasteiger partial charge in [-0.05, 0) is 12.1 Å². The molecule has 0 spiro atoms. The van der Waals surface area contributed by atoms with Crippen LogP contribution in [-0.2, 0) is 9.59 Å². The van der Waals surface area contributed by atoms with Crippen LogP contribution < -0.4 is 15.5 Å². The molecule has 0 saturated carbocycles. The molecule has 1 atom stereocenters. The lowest BCUT2D eigenvalue weighted by Crippen LogP contribution is -2.47. The van der Waals surface area contributed by atoms with Crippen LogP contribution >= 0.6 is 0 Å². The van der Waals surface area contributed by atoms with E-state index in [4.69, 9.17) is 0 Å². The zero-order chi connectivity index (χ0) is 12.7. The molecule has 0 aromatic heterocycles. The molecule has 2 aliphatic heterocycles. The normalized spacial score (nSPS) is 22.5. The van der Waals surface area contributed by atoms with Crippen LogP contribution in [0.4, 0.5) is 11.4 Å². The van der Waals surface area contributed by atoms with Crippen molar-refractivity contribution in [3.05, 3.63) is 23.8 Å². The third-order valence-electron chi connectivity index (χ3n) is 3.24. The maximum atomic E-state index is 11.3. The van der Waals surface area contributed by atoms with Crippen LogP contribution in [0.1, 0.15) is 11.7 Å². The second-order valence-electron chi connectivity index (χ2n) is 4.43. The predicted octanol–water partition coefficient (Wildman–Crippen LogP) is -0.392. The fraction of sp³-hybridized carbons (Fsp3) is 0.333. The van der Waals surface area contributed by atoms with E-state index in [1.165, 1.54) is 0 Å². The van der Waals surface area contributed by atoms with Crippen LogP contribution in [-0.4, -0.2) is 36.6 Å². The first-order valence-corrected chi connectivity index (χ1v) is 5.80. The van der Waals surface area contributed by atoms with Crippen molar-refractivity contribution in [3.63, 3.8) is 0 Å². The van der Waals surface area contributed by atoms with E-state index in [0.29, 0.717) is 24.3 Å². The zero-order valence-electron chi connectivity index (χ0n) is 9.64. The minimum atomic E-state index is -1.08. The average molecular weight is 247 g/mol. The number of benzene rings is 1. The highest BCUT2D eigenvalue weighted by Crippen LogP contribution is 2.33. The van der Waals surface area contributed by atoms with Crippen LogP contribution in [0.25, 0.3) is 0 Å². The number of hydrogen-bond acceptors (Lipinski definition) is 4. The Kier molecular flexibility index (Phi) is 2.45. The van der Waals surface area contributed by atoms with Gasteiger partial charge in [-0.25, -0.2) is 0 Å². The number of carbonyl (C=O) groups is 2. The Morgan fingerprint density at radius 2 is 2.17 bits per heavy atom. The summed E-state index contributed by atoms with van der Waals surface area (Å²) in [5.74, 6) is -0.413. The molecule has 1 aromatic rings. The highest BCUT2D eigenvalue weighted by molar-refractivity contribution is 6.02. The molecule has 2 heterocycles. The molecule has 1 unspecified atom stereocenters. The monoisotopic (exact) mass is 247 g/mol. The predicted molar refractivity (Wildman–Crippen MR) is 65.3 cm³/mol. The molecule has 2 amide bonds. The number of amides is 2. The van der Waals surface area contributed by atoms with Crippen molar-refractivity contribution in [3.8, 4) is 0 Å². The van der Waals surface area contributed by atoms with Crippen LogP contribution in [0.2, 0.25) is 0 Å². The lowest BCUT2D eigenvalue weighted by molar-refractivity contribution is -0.123. The molecule has 2 aliphatic rings. The van der Waals surface area contributed by atoms with Gasteiger partial charge in [-0.2, -0.15) is 0 Å². The van der Waals surface area contributed by atoms with Gasteiger partial charge in [0.1, 0.15) is 0 Å². The Labute approximate surface area is 104 Å². The summed E-state index contributed by atoms with van der Waals surface area (Å²) in [6.07, 6.45) is -1.08. The Balaban J connectivity index is 1.89. The highest BCUT2D eigenvalue weighted by atomic mass is 16.3. The van der Waals surface area contributed by atoms with Gasteiger partial charge >= 0.3 is 0 Å². The molecule has 3 N–H and O–H groups in total. The van der Waals surface area contributed by atoms with E-state index in [2.05, 4.69) is 10.6 Å². The summed E-state index contributed by atoms with van der Waals surface area (Å²) in [4.78, 5) is 24.6. The van der Waals surface area contributed by atoms with Crippen molar-refractivity contribution in [1.82, 2.24) is 5.32 Å². The SMILES string of the molecule is O=C1CN(c2ccc3c(c2)NC(=O)C3O)CCN1. The molecule has 0 radical (unpaired) electrons. The van der Waals surface area contributed by atoms with Gasteiger partial charge < -0.3 is 20.6 Å².